The van der Waals surface area contributed by atoms with E-state index in [1.54, 1.807) is 25.1 Å². The maximum Gasteiger partial charge on any atom is 0.348 e. The van der Waals surface area contributed by atoms with Gasteiger partial charge >= 0.3 is 11.9 Å². The number of primary amides is 1. The molecular weight excluding hydrogens is 562 g/mol. The van der Waals surface area contributed by atoms with Crippen LogP contribution in [0, 0.1) is 28.6 Å². The fourth-order valence-electron chi connectivity index (χ4n) is 9.40. The zero-order valence-corrected chi connectivity index (χ0v) is 25.5. The Hall–Kier alpha value is -3.79. The number of esters is 1. The quantitative estimate of drug-likeness (QED) is 0.298. The summed E-state index contributed by atoms with van der Waals surface area (Å²) in [6.45, 7) is 5.79. The third-order valence-electron chi connectivity index (χ3n) is 11.5. The highest BCUT2D eigenvalue weighted by atomic mass is 16.6. The largest absolute Gasteiger partial charge is 0.478 e. The van der Waals surface area contributed by atoms with E-state index in [2.05, 4.69) is 13.0 Å². The van der Waals surface area contributed by atoms with Crippen LogP contribution in [0.5, 0.6) is 0 Å². The molecule has 0 aliphatic heterocycles. The van der Waals surface area contributed by atoms with Gasteiger partial charge in [0.05, 0.1) is 23.7 Å². The first-order valence-electron chi connectivity index (χ1n) is 15.7. The first-order valence-corrected chi connectivity index (χ1v) is 15.7. The normalized spacial score (nSPS) is 33.7. The number of carbonyl (C=O) groups excluding carboxylic acids is 3. The van der Waals surface area contributed by atoms with Crippen LogP contribution in [0.4, 0.5) is 0 Å². The Morgan fingerprint density at radius 3 is 2.64 bits per heavy atom. The van der Waals surface area contributed by atoms with E-state index >= 15 is 0 Å². The first kappa shape index (κ1) is 30.2. The molecule has 2 aromatic rings. The number of carbonyl (C=O) groups is 4. The number of aliphatic carboxylic acids is 1. The summed E-state index contributed by atoms with van der Waals surface area (Å²) in [6.07, 6.45) is 6.89. The minimum Gasteiger partial charge on any atom is -0.478 e. The molecule has 3 saturated carbocycles. The van der Waals surface area contributed by atoms with Crippen molar-refractivity contribution in [2.75, 3.05) is 0 Å². The molecule has 44 heavy (non-hydrogen) atoms. The Balaban J connectivity index is 1.31. The number of aliphatic hydroxyl groups excluding tert-OH is 1. The van der Waals surface area contributed by atoms with Crippen LogP contribution in [-0.2, 0) is 25.5 Å². The number of carboxylic acids is 1. The number of aromatic nitrogens is 2. The van der Waals surface area contributed by atoms with Crippen molar-refractivity contribution in [3.8, 4) is 5.69 Å². The molecule has 0 radical (unpaired) electrons. The van der Waals surface area contributed by atoms with Gasteiger partial charge in [-0.2, -0.15) is 5.10 Å². The molecule has 234 valence electrons. The molecule has 4 N–H and O–H groups in total. The number of amides is 1. The van der Waals surface area contributed by atoms with Gasteiger partial charge in [-0.3, -0.25) is 14.4 Å². The molecule has 1 aromatic heterocycles. The molecule has 10 heteroatoms. The summed E-state index contributed by atoms with van der Waals surface area (Å²) >= 11 is 0. The summed E-state index contributed by atoms with van der Waals surface area (Å²) in [4.78, 5) is 49.0. The molecular formula is C34H41N3O7. The van der Waals surface area contributed by atoms with Crippen LogP contribution < -0.4 is 5.73 Å². The fourth-order valence-corrected chi connectivity index (χ4v) is 9.40. The SMILES string of the molecule is CCC(=O)O[C@]1(C(=O)O)CC[C@H]2[C@@H]3CCC4=Cc5c(cnn5-c5cccc(C(=O)CCC(N)=O)c5)C[C@]4(C)[C@H]3[C@@H](O)C[C@@]21C. The summed E-state index contributed by atoms with van der Waals surface area (Å²) in [5, 5.41) is 27.0. The number of Topliss-reactive ketones (excluding diaryl/α,β-unsaturated/α-hetero) is 1. The van der Waals surface area contributed by atoms with E-state index in [0.717, 1.165) is 29.8 Å². The lowest BCUT2D eigenvalue weighted by atomic mass is 9.45. The number of ketones is 1. The summed E-state index contributed by atoms with van der Waals surface area (Å²) in [6, 6.07) is 7.21. The highest BCUT2D eigenvalue weighted by Gasteiger charge is 2.71. The van der Waals surface area contributed by atoms with E-state index in [9.17, 15) is 29.4 Å². The molecule has 0 unspecified atom stereocenters. The zero-order chi connectivity index (χ0) is 31.6. The second kappa shape index (κ2) is 10.7. The molecule has 6 rings (SSSR count). The fraction of sp³-hybridized carbons (Fsp3) is 0.559. The summed E-state index contributed by atoms with van der Waals surface area (Å²) in [7, 11) is 0. The number of nitrogens with zero attached hydrogens (tertiary/aromatic N) is 2. The molecule has 10 nitrogen and oxygen atoms in total. The average Bonchev–Trinajstić information content (AvgIpc) is 3.51. The van der Waals surface area contributed by atoms with Crippen molar-refractivity contribution < 1.29 is 34.1 Å². The van der Waals surface area contributed by atoms with Gasteiger partial charge in [-0.05, 0) is 85.5 Å². The van der Waals surface area contributed by atoms with Gasteiger partial charge in [-0.15, -0.1) is 0 Å². The molecule has 4 aliphatic rings. The Kier molecular flexibility index (Phi) is 7.34. The molecule has 1 aromatic carbocycles. The first-order chi connectivity index (χ1) is 20.8. The van der Waals surface area contributed by atoms with Crippen molar-refractivity contribution >= 4 is 29.7 Å². The van der Waals surface area contributed by atoms with E-state index in [0.29, 0.717) is 18.4 Å². The lowest BCUT2D eigenvalue weighted by Crippen LogP contribution is -2.63. The van der Waals surface area contributed by atoms with Crippen molar-refractivity contribution in [2.45, 2.75) is 90.3 Å². The van der Waals surface area contributed by atoms with Gasteiger partial charge in [0.15, 0.2) is 5.78 Å². The Bertz CT molecular complexity index is 1580. The molecule has 1 amide bonds. The Morgan fingerprint density at radius 1 is 1.16 bits per heavy atom. The van der Waals surface area contributed by atoms with Crippen LogP contribution >= 0.6 is 0 Å². The van der Waals surface area contributed by atoms with E-state index in [1.165, 1.54) is 5.57 Å². The maximum absolute atomic E-state index is 12.8. The van der Waals surface area contributed by atoms with Crippen LogP contribution in [-0.4, -0.2) is 55.3 Å². The number of carboxylic acid groups (broad SMARTS) is 1. The number of aliphatic hydroxyl groups is 1. The third kappa shape index (κ3) is 4.44. The lowest BCUT2D eigenvalue weighted by Gasteiger charge is -2.60. The molecule has 0 saturated heterocycles. The molecule has 3 fully saturated rings. The lowest BCUT2D eigenvalue weighted by molar-refractivity contribution is -0.210. The molecule has 4 aliphatic carbocycles. The molecule has 1 heterocycles. The van der Waals surface area contributed by atoms with Gasteiger partial charge in [0, 0.05) is 30.2 Å². The van der Waals surface area contributed by atoms with Gasteiger partial charge in [0.25, 0.3) is 0 Å². The Morgan fingerprint density at radius 2 is 1.93 bits per heavy atom. The van der Waals surface area contributed by atoms with Crippen molar-refractivity contribution in [1.29, 1.82) is 0 Å². The summed E-state index contributed by atoms with van der Waals surface area (Å²) < 4.78 is 7.61. The van der Waals surface area contributed by atoms with Crippen LogP contribution in [0.3, 0.4) is 0 Å². The smallest absolute Gasteiger partial charge is 0.348 e. The molecule has 0 spiro atoms. The minimum atomic E-state index is -1.63. The predicted octanol–water partition coefficient (Wildman–Crippen LogP) is 4.25. The summed E-state index contributed by atoms with van der Waals surface area (Å²) in [5.74, 6) is -2.29. The van der Waals surface area contributed by atoms with Crippen LogP contribution in [0.2, 0.25) is 0 Å². The van der Waals surface area contributed by atoms with E-state index in [-0.39, 0.29) is 61.1 Å². The van der Waals surface area contributed by atoms with Crippen LogP contribution in [0.15, 0.2) is 36.0 Å². The topological polar surface area (TPSA) is 162 Å². The Labute approximate surface area is 256 Å². The van der Waals surface area contributed by atoms with Gasteiger partial charge in [-0.1, -0.05) is 38.5 Å². The highest BCUT2D eigenvalue weighted by molar-refractivity contribution is 5.98. The van der Waals surface area contributed by atoms with Gasteiger partial charge in [0.2, 0.25) is 11.5 Å². The van der Waals surface area contributed by atoms with Crippen molar-refractivity contribution in [3.63, 3.8) is 0 Å². The number of hydrogen-bond acceptors (Lipinski definition) is 7. The standard InChI is InChI=1S/C34H41N3O7/c1-4-29(41)44-34(31(42)43)13-12-24-23-9-8-21-15-25-20(16-32(21,2)30(23)27(39)17-33(24,34)3)18-36-37(25)22-7-5-6-19(14-22)26(38)10-11-28(35)40/h5-7,14-15,18,23-24,27,30,39H,4,8-13,16-17H2,1-3H3,(H2,35,40)(H,42,43)/t23-,24-,27-,30+,32-,33-,34-/m0/s1. The summed E-state index contributed by atoms with van der Waals surface area (Å²) in [5.41, 5.74) is 6.86. The number of nitrogens with two attached hydrogens (primary N) is 1. The highest BCUT2D eigenvalue weighted by Crippen LogP contribution is 2.68. The van der Waals surface area contributed by atoms with Gasteiger partial charge in [0.1, 0.15) is 0 Å². The predicted molar refractivity (Wildman–Crippen MR) is 161 cm³/mol. The average molecular weight is 604 g/mol. The number of ether oxygens (including phenoxy) is 1. The number of fused-ring (bicyclic) bond motifs is 6. The maximum atomic E-state index is 12.8. The zero-order valence-electron chi connectivity index (χ0n) is 25.5. The van der Waals surface area contributed by atoms with Crippen molar-refractivity contribution in [2.24, 2.45) is 34.3 Å². The van der Waals surface area contributed by atoms with E-state index in [4.69, 9.17) is 15.6 Å². The number of rotatable bonds is 8. The van der Waals surface area contributed by atoms with E-state index in [1.807, 2.05) is 23.9 Å². The number of hydrogen-bond donors (Lipinski definition) is 3. The van der Waals surface area contributed by atoms with Gasteiger partial charge < -0.3 is 20.7 Å². The number of allylic oxidation sites excluding steroid dienone is 1. The third-order valence-corrected chi connectivity index (χ3v) is 11.5. The van der Waals surface area contributed by atoms with Crippen molar-refractivity contribution in [1.82, 2.24) is 9.78 Å². The van der Waals surface area contributed by atoms with Crippen molar-refractivity contribution in [3.05, 3.63) is 52.9 Å². The monoisotopic (exact) mass is 603 g/mol. The van der Waals surface area contributed by atoms with E-state index < -0.39 is 35.0 Å². The van der Waals surface area contributed by atoms with Crippen LogP contribution in [0.25, 0.3) is 11.8 Å². The molecule has 7 atom stereocenters. The minimum absolute atomic E-state index is 0.000109. The number of benzene rings is 1. The second-order valence-corrected chi connectivity index (χ2v) is 13.7. The van der Waals surface area contributed by atoms with Gasteiger partial charge in [-0.25, -0.2) is 9.48 Å². The second-order valence-electron chi connectivity index (χ2n) is 13.7. The molecule has 0 bridgehead atoms. The van der Waals surface area contributed by atoms with Crippen LogP contribution in [0.1, 0.15) is 93.8 Å².